The molecule has 1 fully saturated rings. The Morgan fingerprint density at radius 1 is 0.907 bits per heavy atom. The summed E-state index contributed by atoms with van der Waals surface area (Å²) in [5.41, 5.74) is 4.78. The lowest BCUT2D eigenvalue weighted by Gasteiger charge is -2.13. The first kappa shape index (κ1) is 29.0. The van der Waals surface area contributed by atoms with Crippen molar-refractivity contribution in [1.29, 1.82) is 5.26 Å². The van der Waals surface area contributed by atoms with Gasteiger partial charge < -0.3 is 10.0 Å². The van der Waals surface area contributed by atoms with Gasteiger partial charge in [0.1, 0.15) is 5.69 Å². The molecule has 5 aromatic rings. The molecule has 216 valence electrons. The number of hydrogen-bond donors (Lipinski definition) is 1. The zero-order chi connectivity index (χ0) is 30.0. The summed E-state index contributed by atoms with van der Waals surface area (Å²) in [6.07, 6.45) is 10.0. The zero-order valence-corrected chi connectivity index (χ0v) is 23.3. The SMILES string of the molecule is N#Cc1cccc(-c2ccc(=O)n(Cc3cccc(-c4ncc(-c5cnn(CCN6CCCC6)c5)cn4)n3)n2)c1.O=CO. The molecule has 1 saturated heterocycles. The first-order valence-electron chi connectivity index (χ1n) is 13.8. The molecular weight excluding hydrogens is 546 g/mol. The smallest absolute Gasteiger partial charge is 0.290 e. The van der Waals surface area contributed by atoms with E-state index >= 15 is 0 Å². The molecule has 1 N–H and O–H groups in total. The number of hydrogen-bond acceptors (Lipinski definition) is 9. The second-order valence-electron chi connectivity index (χ2n) is 9.86. The van der Waals surface area contributed by atoms with E-state index < -0.39 is 0 Å². The third-order valence-corrected chi connectivity index (χ3v) is 6.96. The molecule has 1 aliphatic heterocycles. The maximum absolute atomic E-state index is 12.6. The van der Waals surface area contributed by atoms with Crippen LogP contribution in [0.25, 0.3) is 33.9 Å². The summed E-state index contributed by atoms with van der Waals surface area (Å²) < 4.78 is 3.34. The van der Waals surface area contributed by atoms with Gasteiger partial charge in [0.05, 0.1) is 42.3 Å². The molecule has 6 rings (SSSR count). The van der Waals surface area contributed by atoms with Crippen molar-refractivity contribution in [2.75, 3.05) is 19.6 Å². The number of carbonyl (C=O) groups is 1. The van der Waals surface area contributed by atoms with Crippen LogP contribution in [0, 0.1) is 11.3 Å². The number of carboxylic acid groups (broad SMARTS) is 1. The third-order valence-electron chi connectivity index (χ3n) is 6.96. The van der Waals surface area contributed by atoms with Crippen molar-refractivity contribution < 1.29 is 9.90 Å². The predicted molar refractivity (Wildman–Crippen MR) is 159 cm³/mol. The van der Waals surface area contributed by atoms with Gasteiger partial charge in [-0.3, -0.25) is 14.3 Å². The van der Waals surface area contributed by atoms with Crippen LogP contribution < -0.4 is 5.56 Å². The van der Waals surface area contributed by atoms with Crippen molar-refractivity contribution in [3.63, 3.8) is 0 Å². The summed E-state index contributed by atoms with van der Waals surface area (Å²) in [6.45, 7) is 4.17. The number of aromatic nitrogens is 7. The fourth-order valence-corrected chi connectivity index (χ4v) is 4.80. The molecule has 0 unspecified atom stereocenters. The Morgan fingerprint density at radius 2 is 1.67 bits per heavy atom. The highest BCUT2D eigenvalue weighted by Gasteiger charge is 2.12. The molecule has 0 saturated carbocycles. The van der Waals surface area contributed by atoms with E-state index in [4.69, 9.17) is 9.90 Å². The quantitative estimate of drug-likeness (QED) is 0.272. The molecule has 12 heteroatoms. The molecule has 0 radical (unpaired) electrons. The molecule has 1 aromatic carbocycles. The summed E-state index contributed by atoms with van der Waals surface area (Å²) in [7, 11) is 0. The van der Waals surface area contributed by atoms with Crippen molar-refractivity contribution in [2.45, 2.75) is 25.9 Å². The average molecular weight is 576 g/mol. The molecule has 1 aliphatic rings. The van der Waals surface area contributed by atoms with Crippen molar-refractivity contribution in [1.82, 2.24) is 39.4 Å². The van der Waals surface area contributed by atoms with Crippen LogP contribution in [-0.2, 0) is 17.9 Å². The fraction of sp³-hybridized carbons (Fsp3) is 0.226. The number of pyridine rings is 1. The van der Waals surface area contributed by atoms with Crippen LogP contribution in [0.2, 0.25) is 0 Å². The van der Waals surface area contributed by atoms with Crippen LogP contribution in [-0.4, -0.2) is 70.6 Å². The first-order valence-corrected chi connectivity index (χ1v) is 13.8. The van der Waals surface area contributed by atoms with E-state index in [2.05, 4.69) is 36.1 Å². The summed E-state index contributed by atoms with van der Waals surface area (Å²) in [4.78, 5) is 37.2. The standard InChI is InChI=1S/C30H27N9O.CH2O2/c31-16-22-5-3-6-23(15-22)27-9-10-29(40)39(36-27)21-26-7-4-8-28(35-26)30-32-17-24(18-33-30)25-19-34-38(20-25)14-13-37-11-1-2-12-37;2-1-3/h3-10,15,17-20H,1-2,11-14,21H2;1H,(H,2,3). The molecule has 4 aromatic heterocycles. The van der Waals surface area contributed by atoms with E-state index in [1.165, 1.54) is 36.7 Å². The minimum atomic E-state index is -0.250. The van der Waals surface area contributed by atoms with Crippen LogP contribution in [0.1, 0.15) is 24.1 Å². The Labute approximate surface area is 247 Å². The van der Waals surface area contributed by atoms with E-state index in [-0.39, 0.29) is 18.6 Å². The lowest BCUT2D eigenvalue weighted by atomic mass is 10.1. The van der Waals surface area contributed by atoms with Crippen molar-refractivity contribution >= 4 is 6.47 Å². The molecule has 0 amide bonds. The maximum Gasteiger partial charge on any atom is 0.290 e. The van der Waals surface area contributed by atoms with Gasteiger partial charge in [0.2, 0.25) is 0 Å². The molecule has 43 heavy (non-hydrogen) atoms. The van der Waals surface area contributed by atoms with E-state index in [1.807, 2.05) is 41.3 Å². The molecule has 12 nitrogen and oxygen atoms in total. The normalized spacial score (nSPS) is 12.7. The van der Waals surface area contributed by atoms with Gasteiger partial charge in [-0.05, 0) is 56.3 Å². The largest absolute Gasteiger partial charge is 0.483 e. The van der Waals surface area contributed by atoms with Crippen LogP contribution in [0.5, 0.6) is 0 Å². The van der Waals surface area contributed by atoms with Crippen LogP contribution >= 0.6 is 0 Å². The van der Waals surface area contributed by atoms with Crippen molar-refractivity contribution in [3.8, 4) is 40.0 Å². The highest BCUT2D eigenvalue weighted by Crippen LogP contribution is 2.20. The first-order chi connectivity index (χ1) is 21.1. The topological polar surface area (TPSA) is 156 Å². The van der Waals surface area contributed by atoms with E-state index in [9.17, 15) is 10.1 Å². The number of rotatable bonds is 8. The number of nitriles is 1. The van der Waals surface area contributed by atoms with Gasteiger partial charge in [0.15, 0.2) is 5.82 Å². The molecule has 0 spiro atoms. The molecule has 5 heterocycles. The highest BCUT2D eigenvalue weighted by molar-refractivity contribution is 5.62. The lowest BCUT2D eigenvalue weighted by Crippen LogP contribution is -2.24. The summed E-state index contributed by atoms with van der Waals surface area (Å²) in [5.74, 6) is 0.495. The second kappa shape index (κ2) is 13.9. The van der Waals surface area contributed by atoms with E-state index in [0.29, 0.717) is 28.5 Å². The lowest BCUT2D eigenvalue weighted by molar-refractivity contribution is -0.122. The Bertz CT molecular complexity index is 1790. The number of likely N-dealkylation sites (tertiary alicyclic amines) is 1. The molecular formula is C31H29N9O3. The van der Waals surface area contributed by atoms with Crippen molar-refractivity contribution in [2.24, 2.45) is 0 Å². The Kier molecular flexibility index (Phi) is 9.35. The van der Waals surface area contributed by atoms with Gasteiger partial charge >= 0.3 is 0 Å². The van der Waals surface area contributed by atoms with Crippen molar-refractivity contribution in [3.05, 3.63) is 101 Å². The second-order valence-corrected chi connectivity index (χ2v) is 9.86. The molecule has 0 aliphatic carbocycles. The fourth-order valence-electron chi connectivity index (χ4n) is 4.80. The van der Waals surface area contributed by atoms with Crippen LogP contribution in [0.15, 0.2) is 84.2 Å². The summed E-state index contributed by atoms with van der Waals surface area (Å²) in [6, 6.07) is 17.9. The van der Waals surface area contributed by atoms with Gasteiger partial charge in [-0.25, -0.2) is 19.6 Å². The van der Waals surface area contributed by atoms with E-state index in [0.717, 1.165) is 29.8 Å². The Morgan fingerprint density at radius 3 is 2.44 bits per heavy atom. The van der Waals surface area contributed by atoms with Crippen LogP contribution in [0.3, 0.4) is 0 Å². The van der Waals surface area contributed by atoms with Gasteiger partial charge in [0, 0.05) is 47.9 Å². The monoisotopic (exact) mass is 575 g/mol. The third kappa shape index (κ3) is 7.41. The average Bonchev–Trinajstić information content (AvgIpc) is 3.75. The zero-order valence-electron chi connectivity index (χ0n) is 23.3. The van der Waals surface area contributed by atoms with Gasteiger partial charge in [-0.1, -0.05) is 18.2 Å². The van der Waals surface area contributed by atoms with Crippen LogP contribution in [0.4, 0.5) is 0 Å². The number of nitrogens with zero attached hydrogens (tertiary/aromatic N) is 9. The Balaban J connectivity index is 0.00000118. The van der Waals surface area contributed by atoms with Gasteiger partial charge in [-0.15, -0.1) is 0 Å². The van der Waals surface area contributed by atoms with Gasteiger partial charge in [-0.2, -0.15) is 15.5 Å². The molecule has 0 atom stereocenters. The number of benzene rings is 1. The van der Waals surface area contributed by atoms with E-state index in [1.54, 1.807) is 36.7 Å². The minimum Gasteiger partial charge on any atom is -0.483 e. The van der Waals surface area contributed by atoms with Gasteiger partial charge in [0.25, 0.3) is 12.0 Å². The predicted octanol–water partition coefficient (Wildman–Crippen LogP) is 3.34. The Hall–Kier alpha value is -5.54. The summed E-state index contributed by atoms with van der Waals surface area (Å²) in [5, 5.41) is 25.1. The minimum absolute atomic E-state index is 0.188. The maximum atomic E-state index is 12.6. The molecule has 0 bridgehead atoms. The highest BCUT2D eigenvalue weighted by atomic mass is 16.3. The summed E-state index contributed by atoms with van der Waals surface area (Å²) >= 11 is 0.